The maximum Gasteiger partial charge on any atom is 0.189 e. The van der Waals surface area contributed by atoms with Crippen LogP contribution in [0.25, 0.3) is 0 Å². The van der Waals surface area contributed by atoms with Crippen molar-refractivity contribution < 1.29 is 0 Å². The molecule has 1 aromatic heterocycles. The molecule has 27 heavy (non-hydrogen) atoms. The predicted octanol–water partition coefficient (Wildman–Crippen LogP) is 4.87. The summed E-state index contributed by atoms with van der Waals surface area (Å²) >= 11 is 1.61. The number of benzene rings is 1. The Morgan fingerprint density at radius 1 is 1.11 bits per heavy atom. The first kappa shape index (κ1) is 20.2. The maximum absolute atomic E-state index is 4.86. The Bertz CT molecular complexity index is 756. The third-order valence-corrected chi connectivity index (χ3v) is 6.37. The average molecular weight is 385 g/mol. The molecule has 0 atom stereocenters. The van der Waals surface area contributed by atoms with E-state index in [-0.39, 0.29) is 0 Å². The smallest absolute Gasteiger partial charge is 0.189 e. The monoisotopic (exact) mass is 384 g/mol. The topological polar surface area (TPSA) is 41.1 Å². The molecule has 1 fully saturated rings. The molecule has 1 heterocycles. The number of aromatic nitrogens is 2. The van der Waals surface area contributed by atoms with Gasteiger partial charge in [0.1, 0.15) is 5.82 Å². The third kappa shape index (κ3) is 5.02. The SMILES string of the molecule is CSc1ncc(CNCc2cccc(C)c2C)c(N(C)C2CCCCC2)n1. The van der Waals surface area contributed by atoms with E-state index >= 15 is 0 Å². The fourth-order valence-electron chi connectivity index (χ4n) is 3.89. The maximum atomic E-state index is 4.86. The average Bonchev–Trinajstić information content (AvgIpc) is 2.71. The number of nitrogens with zero attached hydrogens (tertiary/aromatic N) is 3. The molecule has 1 saturated carbocycles. The van der Waals surface area contributed by atoms with Crippen molar-refractivity contribution in [3.63, 3.8) is 0 Å². The van der Waals surface area contributed by atoms with Crippen LogP contribution >= 0.6 is 11.8 Å². The molecule has 0 radical (unpaired) electrons. The van der Waals surface area contributed by atoms with Crippen LogP contribution in [0.2, 0.25) is 0 Å². The van der Waals surface area contributed by atoms with Gasteiger partial charge in [0.2, 0.25) is 0 Å². The number of hydrogen-bond donors (Lipinski definition) is 1. The van der Waals surface area contributed by atoms with Crippen LogP contribution in [0.4, 0.5) is 5.82 Å². The first-order valence-electron chi connectivity index (χ1n) is 9.98. The minimum Gasteiger partial charge on any atom is -0.356 e. The van der Waals surface area contributed by atoms with Gasteiger partial charge in [0.25, 0.3) is 0 Å². The first-order chi connectivity index (χ1) is 13.1. The second kappa shape index (κ2) is 9.56. The highest BCUT2D eigenvalue weighted by Gasteiger charge is 2.22. The van der Waals surface area contributed by atoms with Crippen molar-refractivity contribution in [1.29, 1.82) is 0 Å². The summed E-state index contributed by atoms with van der Waals surface area (Å²) in [7, 11) is 2.20. The second-order valence-electron chi connectivity index (χ2n) is 7.57. The highest BCUT2D eigenvalue weighted by atomic mass is 32.2. The van der Waals surface area contributed by atoms with E-state index in [1.807, 2.05) is 12.5 Å². The van der Waals surface area contributed by atoms with Crippen molar-refractivity contribution in [2.75, 3.05) is 18.2 Å². The van der Waals surface area contributed by atoms with E-state index in [2.05, 4.69) is 54.3 Å². The summed E-state index contributed by atoms with van der Waals surface area (Å²) < 4.78 is 0. The van der Waals surface area contributed by atoms with Crippen molar-refractivity contribution in [3.8, 4) is 0 Å². The zero-order valence-corrected chi connectivity index (χ0v) is 17.9. The van der Waals surface area contributed by atoms with Gasteiger partial charge >= 0.3 is 0 Å². The predicted molar refractivity (Wildman–Crippen MR) is 116 cm³/mol. The van der Waals surface area contributed by atoms with E-state index in [1.165, 1.54) is 54.4 Å². The van der Waals surface area contributed by atoms with Crippen LogP contribution in [-0.2, 0) is 13.1 Å². The van der Waals surface area contributed by atoms with Crippen LogP contribution in [0.15, 0.2) is 29.6 Å². The van der Waals surface area contributed by atoms with Crippen LogP contribution in [0, 0.1) is 13.8 Å². The molecule has 5 heteroatoms. The molecular formula is C22H32N4S. The van der Waals surface area contributed by atoms with Gasteiger partial charge < -0.3 is 10.2 Å². The number of aryl methyl sites for hydroxylation is 1. The summed E-state index contributed by atoms with van der Waals surface area (Å²) in [5.74, 6) is 1.09. The molecule has 0 amide bonds. The van der Waals surface area contributed by atoms with Gasteiger partial charge in [0, 0.05) is 37.9 Å². The van der Waals surface area contributed by atoms with E-state index in [4.69, 9.17) is 4.98 Å². The Hall–Kier alpha value is -1.59. The van der Waals surface area contributed by atoms with Gasteiger partial charge in [-0.15, -0.1) is 0 Å². The van der Waals surface area contributed by atoms with E-state index in [1.54, 1.807) is 11.8 Å². The summed E-state index contributed by atoms with van der Waals surface area (Å²) in [6.07, 6.45) is 10.6. The molecule has 1 aliphatic carbocycles. The minimum absolute atomic E-state index is 0.598. The molecule has 0 unspecified atom stereocenters. The second-order valence-corrected chi connectivity index (χ2v) is 8.34. The van der Waals surface area contributed by atoms with E-state index in [0.717, 1.165) is 24.1 Å². The number of anilines is 1. The molecule has 1 N–H and O–H groups in total. The Kier molecular flexibility index (Phi) is 7.13. The van der Waals surface area contributed by atoms with E-state index in [9.17, 15) is 0 Å². The first-order valence-corrected chi connectivity index (χ1v) is 11.2. The van der Waals surface area contributed by atoms with Gasteiger partial charge in [-0.25, -0.2) is 9.97 Å². The van der Waals surface area contributed by atoms with Gasteiger partial charge in [0.15, 0.2) is 5.16 Å². The van der Waals surface area contributed by atoms with Crippen molar-refractivity contribution in [1.82, 2.24) is 15.3 Å². The zero-order chi connectivity index (χ0) is 19.2. The van der Waals surface area contributed by atoms with Crippen LogP contribution < -0.4 is 10.2 Å². The van der Waals surface area contributed by atoms with Gasteiger partial charge in [-0.3, -0.25) is 0 Å². The Morgan fingerprint density at radius 2 is 1.85 bits per heavy atom. The summed E-state index contributed by atoms with van der Waals surface area (Å²) in [6.45, 7) is 6.02. The molecule has 1 aliphatic rings. The van der Waals surface area contributed by atoms with Gasteiger partial charge in [-0.05, 0) is 49.6 Å². The van der Waals surface area contributed by atoms with Gasteiger partial charge in [-0.2, -0.15) is 0 Å². The lowest BCUT2D eigenvalue weighted by Crippen LogP contribution is -2.35. The molecule has 146 valence electrons. The van der Waals surface area contributed by atoms with Crippen molar-refractivity contribution >= 4 is 17.6 Å². The standard InChI is InChI=1S/C22H32N4S/c1-16-9-8-10-18(17(16)2)13-23-14-19-15-24-22(27-4)25-21(19)26(3)20-11-6-5-7-12-20/h8-10,15,20,23H,5-7,11-14H2,1-4H3. The van der Waals surface area contributed by atoms with Crippen molar-refractivity contribution in [2.24, 2.45) is 0 Å². The zero-order valence-electron chi connectivity index (χ0n) is 17.1. The number of rotatable bonds is 7. The number of hydrogen-bond acceptors (Lipinski definition) is 5. The summed E-state index contributed by atoms with van der Waals surface area (Å²) in [4.78, 5) is 11.8. The molecular weight excluding hydrogens is 352 g/mol. The lowest BCUT2D eigenvalue weighted by atomic mass is 9.94. The van der Waals surface area contributed by atoms with Gasteiger partial charge in [-0.1, -0.05) is 49.2 Å². The lowest BCUT2D eigenvalue weighted by Gasteiger charge is -2.33. The molecule has 0 saturated heterocycles. The highest BCUT2D eigenvalue weighted by molar-refractivity contribution is 7.98. The van der Waals surface area contributed by atoms with E-state index in [0.29, 0.717) is 6.04 Å². The lowest BCUT2D eigenvalue weighted by molar-refractivity contribution is 0.424. The molecule has 3 rings (SSSR count). The number of nitrogens with one attached hydrogen (secondary N) is 1. The van der Waals surface area contributed by atoms with Crippen LogP contribution in [0.1, 0.15) is 54.4 Å². The van der Waals surface area contributed by atoms with Crippen LogP contribution in [-0.4, -0.2) is 29.3 Å². The normalized spacial score (nSPS) is 15.1. The Balaban J connectivity index is 1.73. The van der Waals surface area contributed by atoms with Crippen molar-refractivity contribution in [2.45, 2.75) is 70.2 Å². The number of thioether (sulfide) groups is 1. The fourth-order valence-corrected chi connectivity index (χ4v) is 4.22. The third-order valence-electron chi connectivity index (χ3n) is 5.81. The molecule has 0 aliphatic heterocycles. The largest absolute Gasteiger partial charge is 0.356 e. The molecule has 1 aromatic carbocycles. The molecule has 4 nitrogen and oxygen atoms in total. The molecule has 0 bridgehead atoms. The van der Waals surface area contributed by atoms with Crippen LogP contribution in [0.3, 0.4) is 0 Å². The van der Waals surface area contributed by atoms with E-state index < -0.39 is 0 Å². The van der Waals surface area contributed by atoms with Crippen molar-refractivity contribution in [3.05, 3.63) is 46.6 Å². The van der Waals surface area contributed by atoms with Crippen LogP contribution in [0.5, 0.6) is 0 Å². The Morgan fingerprint density at radius 3 is 2.59 bits per heavy atom. The molecule has 0 spiro atoms. The Labute approximate surface area is 168 Å². The fraction of sp³-hybridized carbons (Fsp3) is 0.545. The quantitative estimate of drug-likeness (QED) is 0.544. The summed E-state index contributed by atoms with van der Waals surface area (Å²) in [5, 5.41) is 4.46. The highest BCUT2D eigenvalue weighted by Crippen LogP contribution is 2.28. The minimum atomic E-state index is 0.598. The summed E-state index contributed by atoms with van der Waals surface area (Å²) in [6, 6.07) is 7.11. The van der Waals surface area contributed by atoms with Gasteiger partial charge in [0.05, 0.1) is 0 Å². The molecule has 2 aromatic rings. The summed E-state index contributed by atoms with van der Waals surface area (Å²) in [5.41, 5.74) is 5.27.